The first kappa shape index (κ1) is 13.4. The molecule has 0 saturated carbocycles. The average molecular weight is 256 g/mol. The smallest absolute Gasteiger partial charge is 0.132 e. The number of pyridine rings is 1. The Morgan fingerprint density at radius 2 is 1.95 bits per heavy atom. The maximum absolute atomic E-state index is 6.01. The zero-order valence-corrected chi connectivity index (χ0v) is 11.9. The van der Waals surface area contributed by atoms with Crippen LogP contribution in [0, 0.1) is 6.92 Å². The molecule has 2 rings (SSSR count). The van der Waals surface area contributed by atoms with Gasteiger partial charge in [0.2, 0.25) is 0 Å². The quantitative estimate of drug-likeness (QED) is 0.883. The van der Waals surface area contributed by atoms with E-state index in [9.17, 15) is 0 Å². The van der Waals surface area contributed by atoms with E-state index in [0.29, 0.717) is 5.92 Å². The summed E-state index contributed by atoms with van der Waals surface area (Å²) in [6.07, 6.45) is 1.74. The third-order valence-corrected chi connectivity index (χ3v) is 3.01. The van der Waals surface area contributed by atoms with Crippen LogP contribution in [0.25, 0.3) is 0 Å². The predicted octanol–water partition coefficient (Wildman–Crippen LogP) is 4.35. The summed E-state index contributed by atoms with van der Waals surface area (Å²) in [5.74, 6) is 2.95. The van der Waals surface area contributed by atoms with E-state index in [1.165, 1.54) is 11.1 Å². The van der Waals surface area contributed by atoms with E-state index in [-0.39, 0.29) is 0 Å². The van der Waals surface area contributed by atoms with Crippen molar-refractivity contribution in [1.82, 2.24) is 4.98 Å². The van der Waals surface area contributed by atoms with Crippen molar-refractivity contribution in [3.8, 4) is 11.5 Å². The number of aromatic nitrogens is 1. The minimum absolute atomic E-state index is 0.432. The first-order valence-corrected chi connectivity index (χ1v) is 6.52. The van der Waals surface area contributed by atoms with Crippen molar-refractivity contribution >= 4 is 5.82 Å². The van der Waals surface area contributed by atoms with Crippen LogP contribution >= 0.6 is 0 Å². The number of anilines is 1. The van der Waals surface area contributed by atoms with Gasteiger partial charge in [0.05, 0.1) is 0 Å². The molecule has 1 heterocycles. The molecule has 1 aromatic carbocycles. The molecule has 0 radical (unpaired) electrons. The minimum atomic E-state index is 0.432. The van der Waals surface area contributed by atoms with Gasteiger partial charge in [-0.15, -0.1) is 0 Å². The van der Waals surface area contributed by atoms with Crippen molar-refractivity contribution in [2.45, 2.75) is 26.7 Å². The van der Waals surface area contributed by atoms with Crippen LogP contribution < -0.4 is 10.1 Å². The lowest BCUT2D eigenvalue weighted by Crippen LogP contribution is -1.96. The lowest BCUT2D eigenvalue weighted by Gasteiger charge is -2.15. The second-order valence-electron chi connectivity index (χ2n) is 4.92. The number of rotatable bonds is 4. The molecular formula is C16H20N2O. The maximum Gasteiger partial charge on any atom is 0.132 e. The predicted molar refractivity (Wildman–Crippen MR) is 79.1 cm³/mol. The third-order valence-electron chi connectivity index (χ3n) is 3.01. The van der Waals surface area contributed by atoms with Crippen LogP contribution in [-0.2, 0) is 0 Å². The summed E-state index contributed by atoms with van der Waals surface area (Å²) in [6.45, 7) is 6.41. The molecule has 0 aliphatic rings. The molecule has 0 atom stereocenters. The Bertz CT molecular complexity index is 564. The van der Waals surface area contributed by atoms with Gasteiger partial charge in [0.1, 0.15) is 17.3 Å². The summed E-state index contributed by atoms with van der Waals surface area (Å²) >= 11 is 0. The molecule has 0 unspecified atom stereocenters. The van der Waals surface area contributed by atoms with Crippen molar-refractivity contribution in [2.24, 2.45) is 0 Å². The number of nitrogens with zero attached hydrogens (tertiary/aromatic N) is 1. The van der Waals surface area contributed by atoms with E-state index in [1.54, 1.807) is 6.20 Å². The van der Waals surface area contributed by atoms with Gasteiger partial charge < -0.3 is 10.1 Å². The molecule has 0 spiro atoms. The highest BCUT2D eigenvalue weighted by Gasteiger charge is 2.09. The molecule has 1 aromatic heterocycles. The topological polar surface area (TPSA) is 34.1 Å². The fraction of sp³-hybridized carbons (Fsp3) is 0.312. The van der Waals surface area contributed by atoms with Crippen LogP contribution in [0.3, 0.4) is 0 Å². The van der Waals surface area contributed by atoms with E-state index >= 15 is 0 Å². The first-order chi connectivity index (χ1) is 9.10. The highest BCUT2D eigenvalue weighted by atomic mass is 16.5. The van der Waals surface area contributed by atoms with Crippen LogP contribution in [0.4, 0.5) is 5.82 Å². The molecule has 0 aliphatic heterocycles. The summed E-state index contributed by atoms with van der Waals surface area (Å²) in [4.78, 5) is 4.18. The number of ether oxygens (including phenoxy) is 1. The molecule has 0 fully saturated rings. The summed E-state index contributed by atoms with van der Waals surface area (Å²) in [5, 5.41) is 3.01. The standard InChI is InChI=1S/C16H20N2O/c1-11(2)14-6-5-12(3)9-15(14)19-13-7-8-18-16(10-13)17-4/h5-11H,1-4H3,(H,17,18). The number of nitrogens with one attached hydrogen (secondary N) is 1. The summed E-state index contributed by atoms with van der Waals surface area (Å²) in [7, 11) is 1.85. The fourth-order valence-electron chi connectivity index (χ4n) is 1.95. The third kappa shape index (κ3) is 3.25. The summed E-state index contributed by atoms with van der Waals surface area (Å²) in [5.41, 5.74) is 2.41. The Kier molecular flexibility index (Phi) is 4.05. The monoisotopic (exact) mass is 256 g/mol. The number of hydrogen-bond donors (Lipinski definition) is 1. The minimum Gasteiger partial charge on any atom is -0.457 e. The highest BCUT2D eigenvalue weighted by Crippen LogP contribution is 2.31. The van der Waals surface area contributed by atoms with E-state index in [0.717, 1.165) is 17.3 Å². The van der Waals surface area contributed by atoms with Gasteiger partial charge in [-0.3, -0.25) is 0 Å². The van der Waals surface area contributed by atoms with Crippen LogP contribution in [-0.4, -0.2) is 12.0 Å². The van der Waals surface area contributed by atoms with Crippen LogP contribution in [0.15, 0.2) is 36.5 Å². The Labute approximate surface area is 114 Å². The van der Waals surface area contributed by atoms with E-state index in [4.69, 9.17) is 4.74 Å². The molecule has 3 nitrogen and oxygen atoms in total. The number of aryl methyl sites for hydroxylation is 1. The zero-order chi connectivity index (χ0) is 13.8. The zero-order valence-electron chi connectivity index (χ0n) is 11.9. The Balaban J connectivity index is 2.33. The van der Waals surface area contributed by atoms with Gasteiger partial charge >= 0.3 is 0 Å². The van der Waals surface area contributed by atoms with E-state index < -0.39 is 0 Å². The second kappa shape index (κ2) is 5.74. The number of hydrogen-bond acceptors (Lipinski definition) is 3. The van der Waals surface area contributed by atoms with Crippen molar-refractivity contribution in [2.75, 3.05) is 12.4 Å². The Hall–Kier alpha value is -2.03. The molecule has 19 heavy (non-hydrogen) atoms. The molecule has 0 amide bonds. The molecular weight excluding hydrogens is 236 g/mol. The second-order valence-corrected chi connectivity index (χ2v) is 4.92. The fourth-order valence-corrected chi connectivity index (χ4v) is 1.95. The van der Waals surface area contributed by atoms with Gasteiger partial charge in [-0.05, 0) is 36.1 Å². The van der Waals surface area contributed by atoms with Gasteiger partial charge in [-0.2, -0.15) is 0 Å². The van der Waals surface area contributed by atoms with E-state index in [1.807, 2.05) is 19.2 Å². The molecule has 1 N–H and O–H groups in total. The molecule has 0 bridgehead atoms. The van der Waals surface area contributed by atoms with Gasteiger partial charge in [-0.25, -0.2) is 4.98 Å². The summed E-state index contributed by atoms with van der Waals surface area (Å²) in [6, 6.07) is 10.1. The van der Waals surface area contributed by atoms with Gasteiger partial charge in [0.25, 0.3) is 0 Å². The molecule has 100 valence electrons. The normalized spacial score (nSPS) is 10.6. The Morgan fingerprint density at radius 1 is 1.16 bits per heavy atom. The van der Waals surface area contributed by atoms with Gasteiger partial charge in [0, 0.05) is 19.3 Å². The molecule has 3 heteroatoms. The first-order valence-electron chi connectivity index (χ1n) is 6.52. The Morgan fingerprint density at radius 3 is 2.63 bits per heavy atom. The van der Waals surface area contributed by atoms with Crippen molar-refractivity contribution in [1.29, 1.82) is 0 Å². The lowest BCUT2D eigenvalue weighted by molar-refractivity contribution is 0.472. The van der Waals surface area contributed by atoms with E-state index in [2.05, 4.69) is 49.3 Å². The van der Waals surface area contributed by atoms with Crippen LogP contribution in [0.5, 0.6) is 11.5 Å². The highest BCUT2D eigenvalue weighted by molar-refractivity contribution is 5.45. The number of benzene rings is 1. The maximum atomic E-state index is 6.01. The SMILES string of the molecule is CNc1cc(Oc2cc(C)ccc2C(C)C)ccn1. The van der Waals surface area contributed by atoms with Crippen LogP contribution in [0.2, 0.25) is 0 Å². The lowest BCUT2D eigenvalue weighted by atomic mass is 10.0. The van der Waals surface area contributed by atoms with Crippen LogP contribution in [0.1, 0.15) is 30.9 Å². The van der Waals surface area contributed by atoms with Crippen molar-refractivity contribution in [3.05, 3.63) is 47.7 Å². The van der Waals surface area contributed by atoms with Gasteiger partial charge in [-0.1, -0.05) is 26.0 Å². The van der Waals surface area contributed by atoms with Gasteiger partial charge in [0.15, 0.2) is 0 Å². The molecule has 2 aromatic rings. The van der Waals surface area contributed by atoms with Crippen molar-refractivity contribution in [3.63, 3.8) is 0 Å². The largest absolute Gasteiger partial charge is 0.457 e. The van der Waals surface area contributed by atoms with Crippen molar-refractivity contribution < 1.29 is 4.74 Å². The molecule has 0 aliphatic carbocycles. The average Bonchev–Trinajstić information content (AvgIpc) is 2.38. The molecule has 0 saturated heterocycles. The summed E-state index contributed by atoms with van der Waals surface area (Å²) < 4.78 is 6.01.